The maximum atomic E-state index is 9.08. The third kappa shape index (κ3) is 5.30. The van der Waals surface area contributed by atoms with Crippen LogP contribution < -0.4 is 10.6 Å². The van der Waals surface area contributed by atoms with Crippen LogP contribution in [-0.2, 0) is 4.74 Å². The van der Waals surface area contributed by atoms with Crippen molar-refractivity contribution in [2.24, 2.45) is 0 Å². The fourth-order valence-corrected chi connectivity index (χ4v) is 1.83. The van der Waals surface area contributed by atoms with Gasteiger partial charge in [0.25, 0.3) is 0 Å². The molecule has 0 aromatic carbocycles. The minimum atomic E-state index is 0.0365. The maximum Gasteiger partial charge on any atom is 0.135 e. The van der Waals surface area contributed by atoms with Gasteiger partial charge in [-0.15, -0.1) is 0 Å². The summed E-state index contributed by atoms with van der Waals surface area (Å²) in [4.78, 5) is 9.00. The van der Waals surface area contributed by atoms with Gasteiger partial charge in [0.05, 0.1) is 12.6 Å². The highest BCUT2D eigenvalue weighted by atomic mass is 16.5. The van der Waals surface area contributed by atoms with E-state index >= 15 is 0 Å². The zero-order chi connectivity index (χ0) is 15.0. The number of hydrogen-bond acceptors (Lipinski definition) is 6. The Morgan fingerprint density at radius 1 is 1.30 bits per heavy atom. The molecule has 114 valence electrons. The molecule has 20 heavy (non-hydrogen) atoms. The maximum absolute atomic E-state index is 9.08. The first-order chi connectivity index (χ1) is 9.60. The average Bonchev–Trinajstić information content (AvgIpc) is 2.39. The predicted molar refractivity (Wildman–Crippen MR) is 81.3 cm³/mol. The Kier molecular flexibility index (Phi) is 7.25. The van der Waals surface area contributed by atoms with Crippen LogP contribution in [0.1, 0.15) is 38.9 Å². The molecule has 0 fully saturated rings. The Balaban J connectivity index is 2.90. The van der Waals surface area contributed by atoms with Crippen molar-refractivity contribution in [1.82, 2.24) is 9.97 Å². The van der Waals surface area contributed by atoms with Gasteiger partial charge >= 0.3 is 0 Å². The number of methoxy groups -OCH3 is 1. The van der Waals surface area contributed by atoms with Crippen LogP contribution in [-0.4, -0.2) is 48.0 Å². The van der Waals surface area contributed by atoms with Gasteiger partial charge in [-0.25, -0.2) is 9.97 Å². The monoisotopic (exact) mass is 282 g/mol. The van der Waals surface area contributed by atoms with Crippen LogP contribution in [0.4, 0.5) is 11.6 Å². The van der Waals surface area contributed by atoms with E-state index in [-0.39, 0.29) is 18.6 Å². The molecule has 1 rings (SSSR count). The molecular weight excluding hydrogens is 256 g/mol. The molecule has 3 N–H and O–H groups in total. The van der Waals surface area contributed by atoms with Gasteiger partial charge in [-0.05, 0) is 13.3 Å². The van der Waals surface area contributed by atoms with E-state index < -0.39 is 0 Å². The van der Waals surface area contributed by atoms with E-state index in [1.807, 2.05) is 13.0 Å². The van der Waals surface area contributed by atoms with Crippen molar-refractivity contribution in [3.05, 3.63) is 11.9 Å². The molecular formula is C14H26N4O2. The fraction of sp³-hybridized carbons (Fsp3) is 0.714. The molecule has 0 bridgehead atoms. The second-order valence-corrected chi connectivity index (χ2v) is 4.99. The van der Waals surface area contributed by atoms with E-state index in [1.165, 1.54) is 0 Å². The number of aromatic nitrogens is 2. The minimum Gasteiger partial charge on any atom is -0.396 e. The zero-order valence-electron chi connectivity index (χ0n) is 12.8. The van der Waals surface area contributed by atoms with Gasteiger partial charge in [0.2, 0.25) is 0 Å². The largest absolute Gasteiger partial charge is 0.396 e. The van der Waals surface area contributed by atoms with Gasteiger partial charge in [0.1, 0.15) is 17.5 Å². The van der Waals surface area contributed by atoms with Gasteiger partial charge in [-0.1, -0.05) is 13.8 Å². The third-order valence-corrected chi connectivity index (χ3v) is 2.82. The molecule has 0 saturated heterocycles. The zero-order valence-corrected chi connectivity index (χ0v) is 12.8. The molecule has 1 atom stereocenters. The lowest BCUT2D eigenvalue weighted by Gasteiger charge is -2.19. The molecule has 1 unspecified atom stereocenters. The lowest BCUT2D eigenvalue weighted by molar-refractivity contribution is 0.170. The SMILES string of the molecule is CCNc1cc(NC(CCO)COC)nc(C(C)C)n1. The topological polar surface area (TPSA) is 79.3 Å². The third-order valence-electron chi connectivity index (χ3n) is 2.82. The first kappa shape index (κ1) is 16.7. The normalized spacial score (nSPS) is 12.5. The van der Waals surface area contributed by atoms with Gasteiger partial charge in [0.15, 0.2) is 0 Å². The number of nitrogens with zero attached hydrogens (tertiary/aromatic N) is 2. The summed E-state index contributed by atoms with van der Waals surface area (Å²) in [6.45, 7) is 7.61. The summed E-state index contributed by atoms with van der Waals surface area (Å²) >= 11 is 0. The van der Waals surface area contributed by atoms with E-state index in [0.717, 1.165) is 24.0 Å². The number of nitrogens with one attached hydrogen (secondary N) is 2. The van der Waals surface area contributed by atoms with Gasteiger partial charge in [0, 0.05) is 32.2 Å². The lowest BCUT2D eigenvalue weighted by Crippen LogP contribution is -2.27. The molecule has 0 aliphatic carbocycles. The van der Waals surface area contributed by atoms with Crippen molar-refractivity contribution in [1.29, 1.82) is 0 Å². The molecule has 0 aliphatic rings. The van der Waals surface area contributed by atoms with Crippen molar-refractivity contribution in [3.8, 4) is 0 Å². The van der Waals surface area contributed by atoms with E-state index in [1.54, 1.807) is 7.11 Å². The Labute approximate surface area is 121 Å². The van der Waals surface area contributed by atoms with Crippen LogP contribution in [0.25, 0.3) is 0 Å². The number of rotatable bonds is 9. The van der Waals surface area contributed by atoms with Crippen molar-refractivity contribution < 1.29 is 9.84 Å². The second-order valence-electron chi connectivity index (χ2n) is 4.99. The molecule has 0 saturated carbocycles. The van der Waals surface area contributed by atoms with Gasteiger partial charge in [-0.2, -0.15) is 0 Å². The van der Waals surface area contributed by atoms with Crippen molar-refractivity contribution >= 4 is 11.6 Å². The molecule has 1 heterocycles. The molecule has 6 nitrogen and oxygen atoms in total. The first-order valence-corrected chi connectivity index (χ1v) is 7.09. The van der Waals surface area contributed by atoms with Crippen molar-refractivity contribution in [2.45, 2.75) is 39.2 Å². The summed E-state index contributed by atoms with van der Waals surface area (Å²) in [5.74, 6) is 2.63. The Morgan fingerprint density at radius 3 is 2.55 bits per heavy atom. The number of anilines is 2. The van der Waals surface area contributed by atoms with E-state index in [9.17, 15) is 0 Å². The number of aliphatic hydroxyl groups excluding tert-OH is 1. The molecule has 1 aromatic rings. The minimum absolute atomic E-state index is 0.0365. The molecule has 1 aromatic heterocycles. The Bertz CT molecular complexity index is 393. The summed E-state index contributed by atoms with van der Waals surface area (Å²) < 4.78 is 5.15. The first-order valence-electron chi connectivity index (χ1n) is 7.09. The molecule has 0 amide bonds. The highest BCUT2D eigenvalue weighted by Crippen LogP contribution is 2.18. The number of aliphatic hydroxyl groups is 1. The summed E-state index contributed by atoms with van der Waals surface area (Å²) in [5.41, 5.74) is 0. The van der Waals surface area contributed by atoms with E-state index in [4.69, 9.17) is 9.84 Å². The van der Waals surface area contributed by atoms with Crippen molar-refractivity contribution in [3.63, 3.8) is 0 Å². The fourth-order valence-electron chi connectivity index (χ4n) is 1.83. The van der Waals surface area contributed by atoms with Crippen molar-refractivity contribution in [2.75, 3.05) is 37.5 Å². The molecule has 0 spiro atoms. The standard InChI is InChI=1S/C14H26N4O2/c1-5-15-12-8-13(18-14(17-12)10(2)3)16-11(6-7-19)9-20-4/h8,10-11,19H,5-7,9H2,1-4H3,(H2,15,16,17,18). The van der Waals surface area contributed by atoms with Crippen LogP contribution in [0.3, 0.4) is 0 Å². The molecule has 0 radical (unpaired) electrons. The summed E-state index contributed by atoms with van der Waals surface area (Å²) in [6.07, 6.45) is 0.616. The van der Waals surface area contributed by atoms with Crippen LogP contribution >= 0.6 is 0 Å². The average molecular weight is 282 g/mol. The predicted octanol–water partition coefficient (Wildman–Crippen LogP) is 1.84. The Morgan fingerprint density at radius 2 is 2.00 bits per heavy atom. The molecule has 0 aliphatic heterocycles. The molecule has 6 heteroatoms. The number of ether oxygens (including phenoxy) is 1. The lowest BCUT2D eigenvalue weighted by atomic mass is 10.2. The summed E-state index contributed by atoms with van der Waals surface area (Å²) in [5, 5.41) is 15.6. The Hall–Kier alpha value is -1.40. The van der Waals surface area contributed by atoms with E-state index in [2.05, 4.69) is 34.4 Å². The second kappa shape index (κ2) is 8.71. The van der Waals surface area contributed by atoms with E-state index in [0.29, 0.717) is 13.0 Å². The van der Waals surface area contributed by atoms with Gasteiger partial charge < -0.3 is 20.5 Å². The van der Waals surface area contributed by atoms with Crippen LogP contribution in [0, 0.1) is 0 Å². The van der Waals surface area contributed by atoms with Crippen LogP contribution in [0.15, 0.2) is 6.07 Å². The summed E-state index contributed by atoms with van der Waals surface area (Å²) in [6, 6.07) is 1.92. The smallest absolute Gasteiger partial charge is 0.135 e. The highest BCUT2D eigenvalue weighted by molar-refractivity contribution is 5.48. The quantitative estimate of drug-likeness (QED) is 0.641. The van der Waals surface area contributed by atoms with Crippen LogP contribution in [0.2, 0.25) is 0 Å². The highest BCUT2D eigenvalue weighted by Gasteiger charge is 2.12. The van der Waals surface area contributed by atoms with Crippen LogP contribution in [0.5, 0.6) is 0 Å². The summed E-state index contributed by atoms with van der Waals surface area (Å²) in [7, 11) is 1.65. The van der Waals surface area contributed by atoms with Gasteiger partial charge in [-0.3, -0.25) is 0 Å². The number of hydrogen-bond donors (Lipinski definition) is 3.